The number of alkyl halides is 5. The fourth-order valence-electron chi connectivity index (χ4n) is 4.06. The van der Waals surface area contributed by atoms with Crippen molar-refractivity contribution in [2.24, 2.45) is 0 Å². The van der Waals surface area contributed by atoms with E-state index in [2.05, 4.69) is 4.98 Å². The molecule has 40 heavy (non-hydrogen) atoms. The second-order valence-corrected chi connectivity index (χ2v) is 10.3. The molecule has 1 aliphatic carbocycles. The first kappa shape index (κ1) is 29.3. The van der Waals surface area contributed by atoms with Crippen molar-refractivity contribution in [3.05, 3.63) is 88.9 Å². The van der Waals surface area contributed by atoms with E-state index in [1.165, 1.54) is 24.3 Å². The summed E-state index contributed by atoms with van der Waals surface area (Å²) in [6, 6.07) is 8.03. The number of benzene rings is 2. The van der Waals surface area contributed by atoms with Crippen LogP contribution in [0.25, 0.3) is 10.9 Å². The lowest BCUT2D eigenvalue weighted by atomic mass is 9.82. The van der Waals surface area contributed by atoms with Crippen molar-refractivity contribution in [3.8, 4) is 0 Å². The molecule has 1 heterocycles. The van der Waals surface area contributed by atoms with Crippen molar-refractivity contribution >= 4 is 26.9 Å². The van der Waals surface area contributed by atoms with Crippen LogP contribution in [0, 0.1) is 29.1 Å². The van der Waals surface area contributed by atoms with E-state index in [1.54, 1.807) is 6.07 Å². The lowest BCUT2D eigenvalue weighted by molar-refractivity contribution is -0.272. The predicted octanol–water partition coefficient (Wildman–Crippen LogP) is 5.27. The molecule has 3 atom stereocenters. The van der Waals surface area contributed by atoms with E-state index in [4.69, 9.17) is 0 Å². The fraction of sp³-hybridized carbons (Fsp3) is 0.217. The van der Waals surface area contributed by atoms with Gasteiger partial charge < -0.3 is 5.11 Å². The number of allylic oxidation sites excluding steroid dienone is 1. The predicted molar refractivity (Wildman–Crippen MR) is 116 cm³/mol. The van der Waals surface area contributed by atoms with Gasteiger partial charge in [-0.05, 0) is 18.2 Å². The summed E-state index contributed by atoms with van der Waals surface area (Å²) in [5.41, 5.74) is -3.19. The molecule has 0 saturated carbocycles. The Hall–Kier alpha value is -3.73. The van der Waals surface area contributed by atoms with Crippen LogP contribution in [0.1, 0.15) is 22.4 Å². The number of halogens is 10. The number of hydrogen-bond donors (Lipinski definition) is 2. The first-order chi connectivity index (χ1) is 18.4. The standard InChI is InChI=1S/C23H12F10N2O4S/c24-14-13(15(25)17(27)18(28)16(14)26)19(20(36)37)40(38,39)35-21(29)8-7-10(22(30,31)23(21,32)33)12-6-5-9-3-1-2-4-11(9)34-12/h1-8,10,19,35H,(H,36,37). The fourth-order valence-corrected chi connectivity index (χ4v) is 5.57. The SMILES string of the molecule is O=C(O)C(c1c(F)c(F)c(F)c(F)c1F)S(=O)(=O)NC1(F)C=CC(c2ccc3ccccc3n2)C(F)(F)C1(F)F. The summed E-state index contributed by atoms with van der Waals surface area (Å²) in [6.07, 6.45) is -0.299. The Balaban J connectivity index is 1.81. The number of nitrogens with one attached hydrogen (secondary N) is 1. The minimum absolute atomic E-state index is 0.0809. The molecule has 0 fully saturated rings. The maximum Gasteiger partial charge on any atom is 0.362 e. The third kappa shape index (κ3) is 4.27. The maximum absolute atomic E-state index is 15.4. The highest BCUT2D eigenvalue weighted by atomic mass is 32.2. The van der Waals surface area contributed by atoms with Crippen molar-refractivity contribution in [2.45, 2.75) is 28.8 Å². The van der Waals surface area contributed by atoms with Crippen molar-refractivity contribution < 1.29 is 62.2 Å². The van der Waals surface area contributed by atoms with Gasteiger partial charge in [-0.3, -0.25) is 9.78 Å². The number of aromatic nitrogens is 1. The zero-order valence-electron chi connectivity index (χ0n) is 19.1. The number of carbonyl (C=O) groups is 1. The summed E-state index contributed by atoms with van der Waals surface area (Å²) in [6.45, 7) is 0. The summed E-state index contributed by atoms with van der Waals surface area (Å²) >= 11 is 0. The van der Waals surface area contributed by atoms with Crippen LogP contribution in [0.4, 0.5) is 43.9 Å². The van der Waals surface area contributed by atoms with E-state index in [0.717, 1.165) is 6.07 Å². The Kier molecular flexibility index (Phi) is 6.90. The number of nitrogens with zero attached hydrogens (tertiary/aromatic N) is 1. The number of para-hydroxylation sites is 1. The largest absolute Gasteiger partial charge is 0.480 e. The molecule has 0 spiro atoms. The molecule has 0 amide bonds. The molecule has 0 saturated heterocycles. The van der Waals surface area contributed by atoms with Gasteiger partial charge in [0.15, 0.2) is 23.3 Å². The molecule has 17 heteroatoms. The summed E-state index contributed by atoms with van der Waals surface area (Å²) in [5.74, 6) is -36.7. The number of hydrogen-bond acceptors (Lipinski definition) is 4. The quantitative estimate of drug-likeness (QED) is 0.132. The average Bonchev–Trinajstić information content (AvgIpc) is 2.87. The van der Waals surface area contributed by atoms with Gasteiger partial charge in [0, 0.05) is 5.39 Å². The van der Waals surface area contributed by atoms with Crippen LogP contribution >= 0.6 is 0 Å². The van der Waals surface area contributed by atoms with Crippen molar-refractivity contribution in [2.75, 3.05) is 0 Å². The number of carboxylic acids is 1. The highest BCUT2D eigenvalue weighted by Crippen LogP contribution is 2.55. The smallest absolute Gasteiger partial charge is 0.362 e. The van der Waals surface area contributed by atoms with Gasteiger partial charge in [0.05, 0.1) is 22.7 Å². The highest BCUT2D eigenvalue weighted by Gasteiger charge is 2.75. The first-order valence-electron chi connectivity index (χ1n) is 10.6. The van der Waals surface area contributed by atoms with Gasteiger partial charge in [-0.25, -0.2) is 34.8 Å². The first-order valence-corrected chi connectivity index (χ1v) is 12.2. The Morgan fingerprint density at radius 2 is 1.43 bits per heavy atom. The molecule has 1 aliphatic rings. The Labute approximate surface area is 217 Å². The zero-order valence-corrected chi connectivity index (χ0v) is 19.9. The van der Waals surface area contributed by atoms with Crippen LogP contribution in [-0.4, -0.2) is 42.1 Å². The second-order valence-electron chi connectivity index (χ2n) is 8.52. The molecule has 2 N–H and O–H groups in total. The highest BCUT2D eigenvalue weighted by molar-refractivity contribution is 7.90. The van der Waals surface area contributed by atoms with Gasteiger partial charge in [0.1, 0.15) is 0 Å². The van der Waals surface area contributed by atoms with E-state index < -0.39 is 91.2 Å². The maximum atomic E-state index is 15.4. The minimum Gasteiger partial charge on any atom is -0.480 e. The van der Waals surface area contributed by atoms with E-state index in [9.17, 15) is 40.3 Å². The Bertz CT molecular complexity index is 1650. The van der Waals surface area contributed by atoms with E-state index in [0.29, 0.717) is 10.1 Å². The summed E-state index contributed by atoms with van der Waals surface area (Å²) in [5, 5.41) is 5.67. The minimum atomic E-state index is -6.50. The van der Waals surface area contributed by atoms with Crippen molar-refractivity contribution in [1.82, 2.24) is 9.71 Å². The van der Waals surface area contributed by atoms with E-state index in [-0.39, 0.29) is 11.6 Å². The van der Waals surface area contributed by atoms with Crippen LogP contribution in [0.15, 0.2) is 48.6 Å². The number of fused-ring (bicyclic) bond motifs is 1. The Morgan fingerprint density at radius 1 is 0.875 bits per heavy atom. The normalized spacial score (nSPS) is 22.8. The second kappa shape index (κ2) is 9.43. The van der Waals surface area contributed by atoms with Crippen molar-refractivity contribution in [3.63, 3.8) is 0 Å². The van der Waals surface area contributed by atoms with Crippen LogP contribution in [0.5, 0.6) is 0 Å². The molecule has 214 valence electrons. The van der Waals surface area contributed by atoms with Gasteiger partial charge in [-0.2, -0.15) is 22.3 Å². The van der Waals surface area contributed by atoms with Gasteiger partial charge in [0.25, 0.3) is 5.79 Å². The third-order valence-electron chi connectivity index (χ3n) is 6.05. The molecule has 0 radical (unpaired) electrons. The summed E-state index contributed by atoms with van der Waals surface area (Å²) < 4.78 is 170. The molecule has 0 aliphatic heterocycles. The zero-order chi connectivity index (χ0) is 30.0. The van der Waals surface area contributed by atoms with Crippen LogP contribution in [0.2, 0.25) is 0 Å². The molecule has 1 aromatic heterocycles. The molecular formula is C23H12F10N2O4S. The van der Waals surface area contributed by atoms with E-state index >= 15 is 22.0 Å². The molecular weight excluding hydrogens is 590 g/mol. The monoisotopic (exact) mass is 602 g/mol. The molecule has 4 rings (SSSR count). The molecule has 2 aromatic carbocycles. The molecule has 3 unspecified atom stereocenters. The van der Waals surface area contributed by atoms with Crippen LogP contribution in [-0.2, 0) is 14.8 Å². The van der Waals surface area contributed by atoms with Gasteiger partial charge in [0.2, 0.25) is 21.1 Å². The molecule has 6 nitrogen and oxygen atoms in total. The van der Waals surface area contributed by atoms with Gasteiger partial charge in [-0.15, -0.1) is 0 Å². The number of carboxylic acid groups (broad SMARTS) is 1. The van der Waals surface area contributed by atoms with Crippen molar-refractivity contribution in [1.29, 1.82) is 0 Å². The number of pyridine rings is 1. The average molecular weight is 602 g/mol. The third-order valence-corrected chi connectivity index (χ3v) is 7.69. The number of aliphatic carboxylic acids is 1. The topological polar surface area (TPSA) is 96.4 Å². The number of sulfonamides is 1. The Morgan fingerprint density at radius 3 is 2.00 bits per heavy atom. The van der Waals surface area contributed by atoms with Gasteiger partial charge in [-0.1, -0.05) is 30.3 Å². The van der Waals surface area contributed by atoms with Crippen LogP contribution < -0.4 is 4.72 Å². The molecule has 3 aromatic rings. The molecule has 0 bridgehead atoms. The lowest BCUT2D eigenvalue weighted by Crippen LogP contribution is -2.67. The van der Waals surface area contributed by atoms with Gasteiger partial charge >= 0.3 is 17.8 Å². The van der Waals surface area contributed by atoms with Crippen LogP contribution in [0.3, 0.4) is 0 Å². The summed E-state index contributed by atoms with van der Waals surface area (Å²) in [4.78, 5) is 15.4. The lowest BCUT2D eigenvalue weighted by Gasteiger charge is -2.42. The number of rotatable bonds is 6. The van der Waals surface area contributed by atoms with E-state index in [1.807, 2.05) is 0 Å². The summed E-state index contributed by atoms with van der Waals surface area (Å²) in [7, 11) is -6.50.